The molecule has 1 aromatic carbocycles. The van der Waals surface area contributed by atoms with E-state index in [-0.39, 0.29) is 0 Å². The maximum Gasteiger partial charge on any atom is 0.113 e. The molecule has 0 aliphatic rings. The summed E-state index contributed by atoms with van der Waals surface area (Å²) >= 11 is 2.25. The summed E-state index contributed by atoms with van der Waals surface area (Å²) in [6, 6.07) is 8.30. The highest BCUT2D eigenvalue weighted by molar-refractivity contribution is 14.1. The third-order valence-electron chi connectivity index (χ3n) is 2.34. The molecule has 0 aliphatic carbocycles. The van der Waals surface area contributed by atoms with E-state index in [0.717, 1.165) is 15.8 Å². The number of hydrogen-bond acceptors (Lipinski definition) is 3. The van der Waals surface area contributed by atoms with Crippen LogP contribution in [-0.2, 0) is 4.55 Å². The molecule has 0 saturated carbocycles. The lowest BCUT2D eigenvalue weighted by Gasteiger charge is -2.11. The molecule has 0 spiro atoms. The maximum atomic E-state index is 4.13. The summed E-state index contributed by atoms with van der Waals surface area (Å²) in [5.41, 5.74) is 3.20. The maximum absolute atomic E-state index is 4.13. The van der Waals surface area contributed by atoms with Crippen molar-refractivity contribution in [2.45, 2.75) is 4.55 Å². The molecule has 0 aliphatic heterocycles. The summed E-state index contributed by atoms with van der Waals surface area (Å²) in [6.45, 7) is 0. The van der Waals surface area contributed by atoms with E-state index in [1.807, 2.05) is 25.0 Å². The Morgan fingerprint density at radius 1 is 1.25 bits per heavy atom. The van der Waals surface area contributed by atoms with E-state index in [4.69, 9.17) is 0 Å². The molecule has 0 N–H and O–H groups in total. The molecule has 5 heteroatoms. The number of nitrogens with zero attached hydrogens (tertiary/aromatic N) is 4. The minimum absolute atomic E-state index is 0.820. The SMILES string of the molecule is CN(C)c1ccc(-c2cn(CI)nn2)cc1. The lowest BCUT2D eigenvalue weighted by atomic mass is 10.1. The van der Waals surface area contributed by atoms with Gasteiger partial charge in [-0.3, -0.25) is 0 Å². The summed E-state index contributed by atoms with van der Waals surface area (Å²) in [6.07, 6.45) is 1.96. The molecule has 0 saturated heterocycles. The van der Waals surface area contributed by atoms with Crippen molar-refractivity contribution in [2.24, 2.45) is 0 Å². The van der Waals surface area contributed by atoms with Crippen molar-refractivity contribution in [1.29, 1.82) is 0 Å². The third-order valence-corrected chi connectivity index (χ3v) is 3.04. The molecule has 0 radical (unpaired) electrons. The van der Waals surface area contributed by atoms with Crippen molar-refractivity contribution >= 4 is 28.3 Å². The normalized spacial score (nSPS) is 10.4. The number of aromatic nitrogens is 3. The Bertz CT molecular complexity index is 461. The van der Waals surface area contributed by atoms with Gasteiger partial charge in [-0.2, -0.15) is 0 Å². The summed E-state index contributed by atoms with van der Waals surface area (Å²) in [5.74, 6) is 0. The molecule has 16 heavy (non-hydrogen) atoms. The van der Waals surface area contributed by atoms with Crippen LogP contribution < -0.4 is 4.90 Å². The number of halogens is 1. The van der Waals surface area contributed by atoms with E-state index in [1.165, 1.54) is 5.69 Å². The van der Waals surface area contributed by atoms with Gasteiger partial charge in [-0.1, -0.05) is 39.9 Å². The van der Waals surface area contributed by atoms with Crippen LogP contribution in [0, 0.1) is 0 Å². The van der Waals surface area contributed by atoms with Crippen LogP contribution >= 0.6 is 22.6 Å². The van der Waals surface area contributed by atoms with Gasteiger partial charge in [0.05, 0.1) is 10.7 Å². The van der Waals surface area contributed by atoms with Gasteiger partial charge in [0.25, 0.3) is 0 Å². The highest BCUT2D eigenvalue weighted by atomic mass is 127. The second-order valence-corrected chi connectivity index (χ2v) is 4.39. The first-order valence-electron chi connectivity index (χ1n) is 4.94. The third kappa shape index (κ3) is 2.34. The fourth-order valence-corrected chi connectivity index (χ4v) is 1.75. The Balaban J connectivity index is 2.27. The topological polar surface area (TPSA) is 34.0 Å². The van der Waals surface area contributed by atoms with Crippen LogP contribution in [0.4, 0.5) is 5.69 Å². The summed E-state index contributed by atoms with van der Waals surface area (Å²) in [7, 11) is 4.06. The van der Waals surface area contributed by atoms with Crippen LogP contribution in [0.25, 0.3) is 11.3 Å². The Hall–Kier alpha value is -1.11. The van der Waals surface area contributed by atoms with Crippen LogP contribution in [0.1, 0.15) is 0 Å². The molecule has 84 valence electrons. The first-order valence-corrected chi connectivity index (χ1v) is 6.47. The van der Waals surface area contributed by atoms with Crippen LogP contribution in [0.3, 0.4) is 0 Å². The van der Waals surface area contributed by atoms with Crippen LogP contribution in [0.2, 0.25) is 0 Å². The van der Waals surface area contributed by atoms with Crippen LogP contribution in [-0.4, -0.2) is 29.1 Å². The van der Waals surface area contributed by atoms with Gasteiger partial charge in [0.1, 0.15) is 5.69 Å². The van der Waals surface area contributed by atoms with Crippen LogP contribution in [0.15, 0.2) is 30.5 Å². The molecule has 2 aromatic rings. The second-order valence-electron chi connectivity index (χ2n) is 3.70. The standard InChI is InChI=1S/C11H13IN4/c1-15(2)10-5-3-9(4-6-10)11-7-16(8-12)14-13-11/h3-7H,8H2,1-2H3. The van der Waals surface area contributed by atoms with Gasteiger partial charge in [-0.25, -0.2) is 4.68 Å². The second kappa shape index (κ2) is 4.82. The molecule has 4 nitrogen and oxygen atoms in total. The Labute approximate surface area is 108 Å². The lowest BCUT2D eigenvalue weighted by molar-refractivity contribution is 0.715. The number of anilines is 1. The molecule has 0 amide bonds. The van der Waals surface area contributed by atoms with E-state index in [0.29, 0.717) is 0 Å². The van der Waals surface area contributed by atoms with Gasteiger partial charge in [-0.15, -0.1) is 5.10 Å². The average molecular weight is 328 g/mol. The molecule has 0 bridgehead atoms. The predicted octanol–water partition coefficient (Wildman–Crippen LogP) is 2.40. The minimum Gasteiger partial charge on any atom is -0.378 e. The Morgan fingerprint density at radius 3 is 2.44 bits per heavy atom. The molecular weight excluding hydrogens is 315 g/mol. The van der Waals surface area contributed by atoms with Gasteiger partial charge in [0.15, 0.2) is 0 Å². The zero-order valence-corrected chi connectivity index (χ0v) is 11.4. The molecule has 1 heterocycles. The van der Waals surface area contributed by atoms with Gasteiger partial charge < -0.3 is 4.90 Å². The fraction of sp³-hybridized carbons (Fsp3) is 0.273. The molecule has 1 aromatic heterocycles. The summed E-state index contributed by atoms with van der Waals surface area (Å²) < 4.78 is 2.64. The van der Waals surface area contributed by atoms with E-state index in [1.54, 1.807) is 0 Å². The predicted molar refractivity (Wildman–Crippen MR) is 73.8 cm³/mol. The van der Waals surface area contributed by atoms with E-state index < -0.39 is 0 Å². The van der Waals surface area contributed by atoms with Gasteiger partial charge in [0.2, 0.25) is 0 Å². The van der Waals surface area contributed by atoms with Crippen molar-refractivity contribution < 1.29 is 0 Å². The Morgan fingerprint density at radius 2 is 1.94 bits per heavy atom. The monoisotopic (exact) mass is 328 g/mol. The zero-order valence-electron chi connectivity index (χ0n) is 9.26. The minimum atomic E-state index is 0.820. The Kier molecular flexibility index (Phi) is 3.42. The van der Waals surface area contributed by atoms with Gasteiger partial charge in [0, 0.05) is 25.3 Å². The van der Waals surface area contributed by atoms with E-state index in [2.05, 4.69) is 62.1 Å². The zero-order chi connectivity index (χ0) is 11.5. The molecule has 2 rings (SSSR count). The van der Waals surface area contributed by atoms with Crippen LogP contribution in [0.5, 0.6) is 0 Å². The molecular formula is C11H13IN4. The quantitative estimate of drug-likeness (QED) is 0.641. The number of benzene rings is 1. The van der Waals surface area contributed by atoms with E-state index in [9.17, 15) is 0 Å². The van der Waals surface area contributed by atoms with Gasteiger partial charge in [-0.05, 0) is 12.1 Å². The summed E-state index contributed by atoms with van der Waals surface area (Å²) in [5, 5.41) is 8.14. The van der Waals surface area contributed by atoms with Gasteiger partial charge >= 0.3 is 0 Å². The number of hydrogen-bond donors (Lipinski definition) is 0. The van der Waals surface area contributed by atoms with E-state index >= 15 is 0 Å². The fourth-order valence-electron chi connectivity index (χ4n) is 1.42. The first kappa shape index (κ1) is 11.4. The highest BCUT2D eigenvalue weighted by Gasteiger charge is 2.03. The summed E-state index contributed by atoms with van der Waals surface area (Å²) in [4.78, 5) is 2.07. The average Bonchev–Trinajstić information content (AvgIpc) is 2.77. The largest absolute Gasteiger partial charge is 0.378 e. The van der Waals surface area contributed by atoms with Crippen molar-refractivity contribution in [3.05, 3.63) is 30.5 Å². The number of rotatable bonds is 3. The van der Waals surface area contributed by atoms with Crippen molar-refractivity contribution in [1.82, 2.24) is 15.0 Å². The first-order chi connectivity index (χ1) is 7.70. The smallest absolute Gasteiger partial charge is 0.113 e. The molecule has 0 fully saturated rings. The highest BCUT2D eigenvalue weighted by Crippen LogP contribution is 2.20. The van der Waals surface area contributed by atoms with Crippen molar-refractivity contribution in [3.63, 3.8) is 0 Å². The van der Waals surface area contributed by atoms with Crippen molar-refractivity contribution in [2.75, 3.05) is 19.0 Å². The molecule has 0 unspecified atom stereocenters. The number of alkyl halides is 1. The molecule has 0 atom stereocenters. The van der Waals surface area contributed by atoms with Crippen molar-refractivity contribution in [3.8, 4) is 11.3 Å². The lowest BCUT2D eigenvalue weighted by Crippen LogP contribution is -2.07.